The van der Waals surface area contributed by atoms with Crippen LogP contribution in [0.4, 0.5) is 0 Å². The van der Waals surface area contributed by atoms with Crippen LogP contribution >= 0.6 is 0 Å². The standard InChI is InChI=1S/C30H32N2O5/c1-3-4-6-11-27-31-26(21(2)37-27)17-19-36-24-14-13-23-16-18-32(29(30(34)35)25(23)20-24)28(33)15-12-22-9-7-5-8-10-22/h5-15,20,29H,3-4,16-19H2,1-2H3,(H,34,35). The molecule has 0 fully saturated rings. The molecule has 2 aromatic carbocycles. The van der Waals surface area contributed by atoms with Crippen LogP contribution in [0.2, 0.25) is 0 Å². The van der Waals surface area contributed by atoms with Crippen molar-refractivity contribution in [2.75, 3.05) is 13.2 Å². The van der Waals surface area contributed by atoms with E-state index in [9.17, 15) is 14.7 Å². The fourth-order valence-electron chi connectivity index (χ4n) is 4.38. The van der Waals surface area contributed by atoms with Gasteiger partial charge in [-0.15, -0.1) is 0 Å². The van der Waals surface area contributed by atoms with Gasteiger partial charge in [-0.25, -0.2) is 9.78 Å². The second-order valence-corrected chi connectivity index (χ2v) is 8.97. The average molecular weight is 501 g/mol. The molecule has 1 aliphatic rings. The Labute approximate surface area is 217 Å². The molecule has 0 bridgehead atoms. The van der Waals surface area contributed by atoms with Crippen molar-refractivity contribution in [3.05, 3.63) is 94.7 Å². The van der Waals surface area contributed by atoms with Crippen molar-refractivity contribution < 1.29 is 23.8 Å². The molecule has 192 valence electrons. The maximum absolute atomic E-state index is 13.0. The van der Waals surface area contributed by atoms with E-state index >= 15 is 0 Å². The first kappa shape index (κ1) is 25.9. The van der Waals surface area contributed by atoms with Crippen molar-refractivity contribution in [2.24, 2.45) is 0 Å². The molecule has 1 aliphatic heterocycles. The normalized spacial score (nSPS) is 15.3. The summed E-state index contributed by atoms with van der Waals surface area (Å²) in [5.41, 5.74) is 3.20. The lowest BCUT2D eigenvalue weighted by Crippen LogP contribution is -2.42. The van der Waals surface area contributed by atoms with E-state index < -0.39 is 12.0 Å². The molecule has 1 atom stereocenters. The summed E-state index contributed by atoms with van der Waals surface area (Å²) >= 11 is 0. The lowest BCUT2D eigenvalue weighted by atomic mass is 9.92. The van der Waals surface area contributed by atoms with Gasteiger partial charge in [0.25, 0.3) is 0 Å². The number of aliphatic carboxylic acids is 1. The number of unbranched alkanes of at least 4 members (excludes halogenated alkanes) is 1. The molecule has 3 aromatic rings. The Balaban J connectivity index is 1.44. The Morgan fingerprint density at radius 2 is 2.00 bits per heavy atom. The highest BCUT2D eigenvalue weighted by molar-refractivity contribution is 5.95. The number of fused-ring (bicyclic) bond motifs is 1. The van der Waals surface area contributed by atoms with Gasteiger partial charge in [0.2, 0.25) is 11.8 Å². The first-order chi connectivity index (χ1) is 18.0. The van der Waals surface area contributed by atoms with Crippen LogP contribution in [0.3, 0.4) is 0 Å². The number of hydrogen-bond acceptors (Lipinski definition) is 5. The van der Waals surface area contributed by atoms with Crippen molar-refractivity contribution >= 4 is 24.0 Å². The van der Waals surface area contributed by atoms with Gasteiger partial charge in [0.05, 0.1) is 12.3 Å². The first-order valence-corrected chi connectivity index (χ1v) is 12.6. The third-order valence-corrected chi connectivity index (χ3v) is 6.31. The summed E-state index contributed by atoms with van der Waals surface area (Å²) in [6.07, 6.45) is 10.2. The van der Waals surface area contributed by atoms with Crippen LogP contribution in [0.1, 0.15) is 59.8 Å². The number of amides is 1. The van der Waals surface area contributed by atoms with Gasteiger partial charge in [-0.2, -0.15) is 0 Å². The predicted octanol–water partition coefficient (Wildman–Crippen LogP) is 5.64. The van der Waals surface area contributed by atoms with Gasteiger partial charge in [0, 0.05) is 19.0 Å². The molecule has 0 spiro atoms. The molecule has 0 saturated heterocycles. The molecule has 1 amide bonds. The van der Waals surface area contributed by atoms with Gasteiger partial charge in [0.1, 0.15) is 11.5 Å². The van der Waals surface area contributed by atoms with Crippen LogP contribution in [0.25, 0.3) is 12.2 Å². The van der Waals surface area contributed by atoms with Crippen LogP contribution < -0.4 is 4.74 Å². The summed E-state index contributed by atoms with van der Waals surface area (Å²) in [6, 6.07) is 13.8. The molecule has 0 aliphatic carbocycles. The quantitative estimate of drug-likeness (QED) is 0.362. The van der Waals surface area contributed by atoms with Crippen LogP contribution in [0.15, 0.2) is 65.1 Å². The van der Waals surface area contributed by atoms with E-state index in [1.165, 1.54) is 11.0 Å². The molecule has 7 heteroatoms. The van der Waals surface area contributed by atoms with E-state index in [1.807, 2.05) is 61.5 Å². The van der Waals surface area contributed by atoms with Crippen molar-refractivity contribution in [1.82, 2.24) is 9.88 Å². The Kier molecular flexibility index (Phi) is 8.56. The highest BCUT2D eigenvalue weighted by Gasteiger charge is 2.35. The fraction of sp³-hybridized carbons (Fsp3) is 0.300. The number of oxazole rings is 1. The van der Waals surface area contributed by atoms with E-state index in [1.54, 1.807) is 12.1 Å². The molecule has 1 aromatic heterocycles. The Morgan fingerprint density at radius 1 is 1.19 bits per heavy atom. The van der Waals surface area contributed by atoms with E-state index in [4.69, 9.17) is 9.15 Å². The van der Waals surface area contributed by atoms with Gasteiger partial charge in [-0.1, -0.05) is 55.8 Å². The number of nitrogens with zero attached hydrogens (tertiary/aromatic N) is 2. The fourth-order valence-corrected chi connectivity index (χ4v) is 4.38. The number of carboxylic acids is 1. The maximum atomic E-state index is 13.0. The van der Waals surface area contributed by atoms with Crippen LogP contribution in [0, 0.1) is 6.92 Å². The highest BCUT2D eigenvalue weighted by Crippen LogP contribution is 2.33. The third kappa shape index (κ3) is 6.55. The largest absolute Gasteiger partial charge is 0.493 e. The minimum absolute atomic E-state index is 0.335. The molecule has 0 radical (unpaired) electrons. The number of carbonyl (C=O) groups excluding carboxylic acids is 1. The van der Waals surface area contributed by atoms with E-state index in [0.717, 1.165) is 35.4 Å². The summed E-state index contributed by atoms with van der Waals surface area (Å²) in [7, 11) is 0. The molecule has 37 heavy (non-hydrogen) atoms. The zero-order valence-corrected chi connectivity index (χ0v) is 21.2. The van der Waals surface area contributed by atoms with E-state index in [-0.39, 0.29) is 5.91 Å². The number of rotatable bonds is 10. The zero-order chi connectivity index (χ0) is 26.2. The van der Waals surface area contributed by atoms with Gasteiger partial charge in [-0.3, -0.25) is 4.79 Å². The second-order valence-electron chi connectivity index (χ2n) is 8.97. The number of aromatic nitrogens is 1. The Morgan fingerprint density at radius 3 is 2.76 bits per heavy atom. The van der Waals surface area contributed by atoms with Gasteiger partial charge in [0.15, 0.2) is 6.04 Å². The van der Waals surface area contributed by atoms with Crippen molar-refractivity contribution in [3.63, 3.8) is 0 Å². The van der Waals surface area contributed by atoms with Gasteiger partial charge < -0.3 is 19.2 Å². The predicted molar refractivity (Wildman–Crippen MR) is 142 cm³/mol. The van der Waals surface area contributed by atoms with Crippen molar-refractivity contribution in [3.8, 4) is 5.75 Å². The second kappa shape index (κ2) is 12.2. The number of allylic oxidation sites excluding steroid dienone is 1. The van der Waals surface area contributed by atoms with E-state index in [0.29, 0.717) is 43.2 Å². The number of benzene rings is 2. The monoisotopic (exact) mass is 500 g/mol. The van der Waals surface area contributed by atoms with E-state index in [2.05, 4.69) is 11.9 Å². The van der Waals surface area contributed by atoms with Crippen LogP contribution in [0.5, 0.6) is 5.75 Å². The molecule has 1 unspecified atom stereocenters. The summed E-state index contributed by atoms with van der Waals surface area (Å²) in [5, 5.41) is 10.0. The molecular weight excluding hydrogens is 468 g/mol. The average Bonchev–Trinajstić information content (AvgIpc) is 3.26. The number of aryl methyl sites for hydroxylation is 1. The van der Waals surface area contributed by atoms with Gasteiger partial charge in [-0.05, 0) is 60.7 Å². The molecule has 1 N–H and O–H groups in total. The maximum Gasteiger partial charge on any atom is 0.331 e. The molecule has 0 saturated carbocycles. The van der Waals surface area contributed by atoms with Crippen molar-refractivity contribution in [1.29, 1.82) is 0 Å². The smallest absolute Gasteiger partial charge is 0.331 e. The number of hydrogen-bond donors (Lipinski definition) is 1. The number of ether oxygens (including phenoxy) is 1. The summed E-state index contributed by atoms with van der Waals surface area (Å²) < 4.78 is 11.7. The first-order valence-electron chi connectivity index (χ1n) is 12.6. The summed E-state index contributed by atoms with van der Waals surface area (Å²) in [5.74, 6) is 0.502. The molecule has 4 rings (SSSR count). The summed E-state index contributed by atoms with van der Waals surface area (Å²) in [6.45, 7) is 4.70. The molecular formula is C30H32N2O5. The number of carboxylic acid groups (broad SMARTS) is 1. The van der Waals surface area contributed by atoms with Crippen LogP contribution in [-0.4, -0.2) is 40.0 Å². The lowest BCUT2D eigenvalue weighted by Gasteiger charge is -2.34. The highest BCUT2D eigenvalue weighted by atomic mass is 16.5. The lowest BCUT2D eigenvalue weighted by molar-refractivity contribution is -0.149. The molecule has 2 heterocycles. The third-order valence-electron chi connectivity index (χ3n) is 6.31. The minimum atomic E-state index is -1.07. The SMILES string of the molecule is CCCC=Cc1nc(CCOc2ccc3c(c2)C(C(=O)O)N(C(=O)C=Cc2ccccc2)CC3)c(C)o1. The van der Waals surface area contributed by atoms with Crippen molar-refractivity contribution in [2.45, 2.75) is 45.6 Å². The Bertz CT molecular complexity index is 1290. The molecule has 7 nitrogen and oxygen atoms in total. The zero-order valence-electron chi connectivity index (χ0n) is 21.2. The van der Waals surface area contributed by atoms with Crippen LogP contribution in [-0.2, 0) is 22.4 Å². The topological polar surface area (TPSA) is 92.9 Å². The Hall–Kier alpha value is -4.13. The number of carbonyl (C=O) groups is 2. The minimum Gasteiger partial charge on any atom is -0.493 e. The summed E-state index contributed by atoms with van der Waals surface area (Å²) in [4.78, 5) is 31.1. The van der Waals surface area contributed by atoms with Gasteiger partial charge >= 0.3 is 5.97 Å².